The topological polar surface area (TPSA) is 83.5 Å². The lowest BCUT2D eigenvalue weighted by atomic mass is 9.79. The van der Waals surface area contributed by atoms with Gasteiger partial charge in [-0.05, 0) is 55.0 Å². The summed E-state index contributed by atoms with van der Waals surface area (Å²) in [5.74, 6) is -1.22. The Morgan fingerprint density at radius 1 is 1.20 bits per heavy atom. The van der Waals surface area contributed by atoms with E-state index in [2.05, 4.69) is 0 Å². The molecular formula is C20H24FNO3. The second kappa shape index (κ2) is 8.23. The van der Waals surface area contributed by atoms with E-state index in [0.717, 1.165) is 16.7 Å². The summed E-state index contributed by atoms with van der Waals surface area (Å²) in [6.45, 7) is 1.43. The number of halogens is 1. The van der Waals surface area contributed by atoms with Crippen molar-refractivity contribution in [1.82, 2.24) is 0 Å². The van der Waals surface area contributed by atoms with Crippen molar-refractivity contribution in [2.75, 3.05) is 6.61 Å². The Morgan fingerprint density at radius 2 is 1.88 bits per heavy atom. The molecule has 0 aliphatic carbocycles. The van der Waals surface area contributed by atoms with Gasteiger partial charge in [0, 0.05) is 12.6 Å². The summed E-state index contributed by atoms with van der Waals surface area (Å²) < 4.78 is 13.3. The molecule has 0 heterocycles. The zero-order valence-electron chi connectivity index (χ0n) is 14.3. The Morgan fingerprint density at radius 3 is 2.44 bits per heavy atom. The maximum Gasteiger partial charge on any atom is 0.309 e. The second-order valence-corrected chi connectivity index (χ2v) is 6.72. The van der Waals surface area contributed by atoms with Crippen molar-refractivity contribution < 1.29 is 19.4 Å². The third-order valence-electron chi connectivity index (χ3n) is 4.50. The van der Waals surface area contributed by atoms with Crippen molar-refractivity contribution in [1.29, 1.82) is 0 Å². The van der Waals surface area contributed by atoms with Crippen LogP contribution in [-0.2, 0) is 11.2 Å². The third-order valence-corrected chi connectivity index (χ3v) is 4.50. The number of aliphatic hydroxyl groups excluding tert-OH is 1. The lowest BCUT2D eigenvalue weighted by Gasteiger charge is -2.27. The molecule has 0 aromatic heterocycles. The molecule has 134 valence electrons. The van der Waals surface area contributed by atoms with E-state index < -0.39 is 11.4 Å². The first-order chi connectivity index (χ1) is 11.8. The summed E-state index contributed by atoms with van der Waals surface area (Å²) in [4.78, 5) is 11.4. The van der Waals surface area contributed by atoms with Gasteiger partial charge in [-0.2, -0.15) is 0 Å². The molecule has 2 aromatic carbocycles. The number of carboxylic acids is 1. The highest BCUT2D eigenvalue weighted by Gasteiger charge is 2.34. The van der Waals surface area contributed by atoms with Crippen LogP contribution in [-0.4, -0.2) is 28.8 Å². The van der Waals surface area contributed by atoms with E-state index >= 15 is 0 Å². The van der Waals surface area contributed by atoms with Gasteiger partial charge >= 0.3 is 5.97 Å². The first-order valence-corrected chi connectivity index (χ1v) is 8.29. The average Bonchev–Trinajstić information content (AvgIpc) is 2.55. The average molecular weight is 345 g/mol. The SMILES string of the molecule is CC(CCO)(C[C@H](N)Cc1ccc(-c2cccc(F)c2)cc1)C(=O)O. The Hall–Kier alpha value is -2.24. The van der Waals surface area contributed by atoms with Gasteiger partial charge in [-0.15, -0.1) is 0 Å². The number of benzene rings is 2. The minimum atomic E-state index is -1.03. The summed E-state index contributed by atoms with van der Waals surface area (Å²) >= 11 is 0. The standard InChI is InChI=1S/C20H24FNO3/c1-20(9-10-23,19(24)25)13-18(22)11-14-5-7-15(8-6-14)16-3-2-4-17(21)12-16/h2-8,12,18,23H,9-11,13,22H2,1H3,(H,24,25)/t18-,20?/m1/s1. The van der Waals surface area contributed by atoms with E-state index in [0.29, 0.717) is 6.42 Å². The van der Waals surface area contributed by atoms with Gasteiger partial charge in [0.2, 0.25) is 0 Å². The number of carboxylic acid groups (broad SMARTS) is 1. The van der Waals surface area contributed by atoms with Gasteiger partial charge in [0.25, 0.3) is 0 Å². The van der Waals surface area contributed by atoms with Crippen LogP contribution in [0.5, 0.6) is 0 Å². The first-order valence-electron chi connectivity index (χ1n) is 8.29. The molecule has 2 aromatic rings. The summed E-state index contributed by atoms with van der Waals surface area (Å²) in [7, 11) is 0. The smallest absolute Gasteiger partial charge is 0.309 e. The quantitative estimate of drug-likeness (QED) is 0.686. The van der Waals surface area contributed by atoms with Crippen LogP contribution in [0.15, 0.2) is 48.5 Å². The molecule has 0 bridgehead atoms. The van der Waals surface area contributed by atoms with E-state index in [1.165, 1.54) is 12.1 Å². The zero-order chi connectivity index (χ0) is 18.4. The molecule has 4 N–H and O–H groups in total. The van der Waals surface area contributed by atoms with Gasteiger partial charge in [0.05, 0.1) is 5.41 Å². The van der Waals surface area contributed by atoms with Crippen LogP contribution in [0, 0.1) is 11.2 Å². The predicted molar refractivity (Wildman–Crippen MR) is 95.6 cm³/mol. The largest absolute Gasteiger partial charge is 0.481 e. The van der Waals surface area contributed by atoms with Crippen molar-refractivity contribution >= 4 is 5.97 Å². The fourth-order valence-corrected chi connectivity index (χ4v) is 3.00. The number of hydrogen-bond donors (Lipinski definition) is 3. The molecule has 0 amide bonds. The van der Waals surface area contributed by atoms with Crippen LogP contribution in [0.25, 0.3) is 11.1 Å². The van der Waals surface area contributed by atoms with E-state index in [-0.39, 0.29) is 31.3 Å². The van der Waals surface area contributed by atoms with Crippen molar-refractivity contribution in [2.45, 2.75) is 32.2 Å². The Labute approximate surface area is 147 Å². The lowest BCUT2D eigenvalue weighted by molar-refractivity contribution is -0.149. The number of carbonyl (C=O) groups is 1. The summed E-state index contributed by atoms with van der Waals surface area (Å²) in [6.07, 6.45) is 1.00. The monoisotopic (exact) mass is 345 g/mol. The van der Waals surface area contributed by atoms with Crippen molar-refractivity contribution in [3.05, 3.63) is 59.9 Å². The van der Waals surface area contributed by atoms with E-state index in [1.807, 2.05) is 30.3 Å². The van der Waals surface area contributed by atoms with Crippen molar-refractivity contribution in [3.63, 3.8) is 0 Å². The highest BCUT2D eigenvalue weighted by molar-refractivity contribution is 5.74. The normalized spacial score (nSPS) is 14.7. The molecule has 0 saturated carbocycles. The maximum absolute atomic E-state index is 13.3. The summed E-state index contributed by atoms with van der Waals surface area (Å²) in [5, 5.41) is 18.4. The molecule has 2 atom stereocenters. The number of hydrogen-bond acceptors (Lipinski definition) is 3. The number of aliphatic hydroxyl groups is 1. The lowest BCUT2D eigenvalue weighted by Crippen LogP contribution is -2.37. The van der Waals surface area contributed by atoms with E-state index in [4.69, 9.17) is 10.8 Å². The Bertz CT molecular complexity index is 717. The summed E-state index contributed by atoms with van der Waals surface area (Å²) in [6, 6.07) is 13.7. The molecule has 5 heteroatoms. The fraction of sp³-hybridized carbons (Fsp3) is 0.350. The molecule has 0 aliphatic heterocycles. The maximum atomic E-state index is 13.3. The van der Waals surface area contributed by atoms with Crippen LogP contribution < -0.4 is 5.73 Å². The molecule has 2 rings (SSSR count). The Balaban J connectivity index is 2.04. The van der Waals surface area contributed by atoms with Crippen molar-refractivity contribution in [3.8, 4) is 11.1 Å². The molecule has 1 unspecified atom stereocenters. The third kappa shape index (κ3) is 5.11. The van der Waals surface area contributed by atoms with Crippen LogP contribution in [0.4, 0.5) is 4.39 Å². The molecule has 25 heavy (non-hydrogen) atoms. The van der Waals surface area contributed by atoms with Crippen LogP contribution in [0.3, 0.4) is 0 Å². The van der Waals surface area contributed by atoms with Gasteiger partial charge in [-0.1, -0.05) is 36.4 Å². The summed E-state index contributed by atoms with van der Waals surface area (Å²) in [5.41, 5.74) is 7.81. The highest BCUT2D eigenvalue weighted by Crippen LogP contribution is 2.28. The van der Waals surface area contributed by atoms with Gasteiger partial charge in [0.1, 0.15) is 5.82 Å². The first kappa shape index (κ1) is 19.1. The van der Waals surface area contributed by atoms with Crippen LogP contribution >= 0.6 is 0 Å². The number of rotatable bonds is 8. The second-order valence-electron chi connectivity index (χ2n) is 6.72. The number of aliphatic carboxylic acids is 1. The molecule has 0 radical (unpaired) electrons. The fourth-order valence-electron chi connectivity index (χ4n) is 3.00. The molecule has 0 fully saturated rings. The number of nitrogens with two attached hydrogens (primary N) is 1. The van der Waals surface area contributed by atoms with Gasteiger partial charge in [-0.25, -0.2) is 4.39 Å². The van der Waals surface area contributed by atoms with Gasteiger partial charge in [0.15, 0.2) is 0 Å². The van der Waals surface area contributed by atoms with Crippen LogP contribution in [0.1, 0.15) is 25.3 Å². The molecule has 4 nitrogen and oxygen atoms in total. The van der Waals surface area contributed by atoms with Gasteiger partial charge < -0.3 is 15.9 Å². The van der Waals surface area contributed by atoms with Gasteiger partial charge in [-0.3, -0.25) is 4.79 Å². The zero-order valence-corrected chi connectivity index (χ0v) is 14.3. The Kier molecular flexibility index (Phi) is 6.28. The highest BCUT2D eigenvalue weighted by atomic mass is 19.1. The molecule has 0 aliphatic rings. The predicted octanol–water partition coefficient (Wildman–Crippen LogP) is 3.23. The van der Waals surface area contributed by atoms with Crippen LogP contribution in [0.2, 0.25) is 0 Å². The van der Waals surface area contributed by atoms with E-state index in [9.17, 15) is 14.3 Å². The minimum Gasteiger partial charge on any atom is -0.481 e. The van der Waals surface area contributed by atoms with E-state index in [1.54, 1.807) is 13.0 Å². The molecule has 0 saturated heterocycles. The molecule has 0 spiro atoms. The molecular weight excluding hydrogens is 321 g/mol. The van der Waals surface area contributed by atoms with Crippen molar-refractivity contribution in [2.24, 2.45) is 11.1 Å². The minimum absolute atomic E-state index is 0.175.